The summed E-state index contributed by atoms with van der Waals surface area (Å²) < 4.78 is 44.6. The first kappa shape index (κ1) is 16.6. The average molecular weight is 337 g/mol. The maximum absolute atomic E-state index is 13.5. The van der Waals surface area contributed by atoms with Gasteiger partial charge in [-0.05, 0) is 26.0 Å². The Kier molecular flexibility index (Phi) is 4.47. The van der Waals surface area contributed by atoms with E-state index in [-0.39, 0.29) is 6.42 Å². The number of nitrogens with zero attached hydrogens (tertiary/aromatic N) is 2. The van der Waals surface area contributed by atoms with Gasteiger partial charge in [0.2, 0.25) is 5.91 Å². The Morgan fingerprint density at radius 3 is 2.70 bits per heavy atom. The second-order valence-corrected chi connectivity index (χ2v) is 6.38. The van der Waals surface area contributed by atoms with E-state index in [9.17, 15) is 17.6 Å². The van der Waals surface area contributed by atoms with Gasteiger partial charge in [0, 0.05) is 5.56 Å². The molecule has 0 bridgehead atoms. The fourth-order valence-electron chi connectivity index (χ4n) is 1.99. The van der Waals surface area contributed by atoms with Crippen LogP contribution < -0.4 is 4.72 Å². The van der Waals surface area contributed by atoms with Crippen molar-refractivity contribution in [3.63, 3.8) is 0 Å². The van der Waals surface area contributed by atoms with Crippen molar-refractivity contribution in [2.24, 2.45) is 0 Å². The van der Waals surface area contributed by atoms with Gasteiger partial charge >= 0.3 is 0 Å². The number of halogens is 1. The summed E-state index contributed by atoms with van der Waals surface area (Å²) in [6.45, 7) is 3.21. The zero-order valence-corrected chi connectivity index (χ0v) is 13.1. The summed E-state index contributed by atoms with van der Waals surface area (Å²) >= 11 is 0. The minimum absolute atomic E-state index is 0.266. The molecule has 0 fully saturated rings. The third-order valence-electron chi connectivity index (χ3n) is 3.14. The highest BCUT2D eigenvalue weighted by Gasteiger charge is 2.24. The Bertz CT molecular complexity index is 893. The number of amides is 1. The normalized spacial score (nSPS) is 11.0. The first-order chi connectivity index (χ1) is 10.8. The van der Waals surface area contributed by atoms with Crippen molar-refractivity contribution in [3.05, 3.63) is 46.6 Å². The molecule has 0 spiro atoms. The topological polar surface area (TPSA) is 113 Å². The van der Waals surface area contributed by atoms with E-state index < -0.39 is 32.2 Å². The van der Waals surface area contributed by atoms with Gasteiger partial charge in [0.25, 0.3) is 10.0 Å². The van der Waals surface area contributed by atoms with Crippen LogP contribution >= 0.6 is 0 Å². The van der Waals surface area contributed by atoms with E-state index in [0.29, 0.717) is 17.0 Å². The van der Waals surface area contributed by atoms with Gasteiger partial charge in [-0.15, -0.1) is 0 Å². The van der Waals surface area contributed by atoms with Crippen LogP contribution in [0.1, 0.15) is 22.6 Å². The van der Waals surface area contributed by atoms with Crippen molar-refractivity contribution in [1.82, 2.24) is 9.88 Å². The maximum Gasteiger partial charge on any atom is 0.265 e. The molecule has 0 unspecified atom stereocenters. The summed E-state index contributed by atoms with van der Waals surface area (Å²) in [7, 11) is -4.37. The zero-order valence-electron chi connectivity index (χ0n) is 12.3. The molecular formula is C14H12FN3O4S. The molecule has 9 heteroatoms. The molecule has 0 saturated carbocycles. The number of aryl methyl sites for hydroxylation is 2. The SMILES string of the molecule is Cc1noc(C)c1CC(=O)NS(=O)(=O)c1cccc(F)c1C#N. The summed E-state index contributed by atoms with van der Waals surface area (Å²) in [6.07, 6.45) is -0.266. The summed E-state index contributed by atoms with van der Waals surface area (Å²) in [5, 5.41) is 12.6. The minimum Gasteiger partial charge on any atom is -0.361 e. The first-order valence-corrected chi connectivity index (χ1v) is 7.90. The van der Waals surface area contributed by atoms with Crippen molar-refractivity contribution in [3.8, 4) is 6.07 Å². The van der Waals surface area contributed by atoms with Crippen LogP contribution in [-0.2, 0) is 21.2 Å². The molecule has 0 atom stereocenters. The first-order valence-electron chi connectivity index (χ1n) is 6.42. The summed E-state index contributed by atoms with van der Waals surface area (Å²) in [4.78, 5) is 11.4. The second kappa shape index (κ2) is 6.18. The van der Waals surface area contributed by atoms with Crippen LogP contribution in [0.3, 0.4) is 0 Å². The van der Waals surface area contributed by atoms with Crippen molar-refractivity contribution in [1.29, 1.82) is 5.26 Å². The van der Waals surface area contributed by atoms with E-state index >= 15 is 0 Å². The van der Waals surface area contributed by atoms with E-state index in [1.165, 1.54) is 6.07 Å². The minimum atomic E-state index is -4.37. The number of aromatic nitrogens is 1. The van der Waals surface area contributed by atoms with E-state index in [2.05, 4.69) is 5.16 Å². The number of carbonyl (C=O) groups excluding carboxylic acids is 1. The van der Waals surface area contributed by atoms with Crippen LogP contribution in [0.15, 0.2) is 27.6 Å². The molecule has 0 saturated heterocycles. The van der Waals surface area contributed by atoms with Crippen LogP contribution in [0.25, 0.3) is 0 Å². The zero-order chi connectivity index (χ0) is 17.2. The highest BCUT2D eigenvalue weighted by molar-refractivity contribution is 7.90. The number of nitriles is 1. The standard InChI is InChI=1S/C14H12FN3O4S/c1-8-10(9(2)22-17-8)6-14(19)18-23(20,21)13-5-3-4-12(15)11(13)7-16/h3-5H,6H2,1-2H3,(H,18,19). The van der Waals surface area contributed by atoms with Gasteiger partial charge in [-0.2, -0.15) is 5.26 Å². The van der Waals surface area contributed by atoms with Crippen LogP contribution in [0.2, 0.25) is 0 Å². The van der Waals surface area contributed by atoms with Gasteiger partial charge in [-0.25, -0.2) is 17.5 Å². The van der Waals surface area contributed by atoms with E-state index in [4.69, 9.17) is 9.78 Å². The quantitative estimate of drug-likeness (QED) is 0.901. The molecule has 0 aliphatic heterocycles. The lowest BCUT2D eigenvalue weighted by Crippen LogP contribution is -2.32. The lowest BCUT2D eigenvalue weighted by atomic mass is 10.1. The highest BCUT2D eigenvalue weighted by atomic mass is 32.2. The average Bonchev–Trinajstić information content (AvgIpc) is 2.78. The number of rotatable bonds is 4. The second-order valence-electron chi connectivity index (χ2n) is 4.73. The van der Waals surface area contributed by atoms with Gasteiger partial charge in [-0.1, -0.05) is 11.2 Å². The third-order valence-corrected chi connectivity index (χ3v) is 4.56. The molecule has 2 rings (SSSR count). The van der Waals surface area contributed by atoms with E-state index in [0.717, 1.165) is 18.2 Å². The van der Waals surface area contributed by atoms with Gasteiger partial charge < -0.3 is 4.52 Å². The summed E-state index contributed by atoms with van der Waals surface area (Å²) in [5.41, 5.74) is 0.293. The molecule has 1 amide bonds. The largest absolute Gasteiger partial charge is 0.361 e. The van der Waals surface area contributed by atoms with Crippen molar-refractivity contribution >= 4 is 15.9 Å². The van der Waals surface area contributed by atoms with Gasteiger partial charge in [0.05, 0.1) is 12.1 Å². The van der Waals surface area contributed by atoms with Crippen molar-refractivity contribution in [2.75, 3.05) is 0 Å². The Morgan fingerprint density at radius 2 is 2.13 bits per heavy atom. The smallest absolute Gasteiger partial charge is 0.265 e. The predicted octanol–water partition coefficient (Wildman–Crippen LogP) is 1.35. The number of sulfonamides is 1. The monoisotopic (exact) mass is 337 g/mol. The lowest BCUT2D eigenvalue weighted by molar-refractivity contribution is -0.118. The predicted molar refractivity (Wildman–Crippen MR) is 76.1 cm³/mol. The van der Waals surface area contributed by atoms with Gasteiger partial charge in [-0.3, -0.25) is 4.79 Å². The molecule has 7 nitrogen and oxygen atoms in total. The van der Waals surface area contributed by atoms with Gasteiger partial charge in [0.15, 0.2) is 0 Å². The van der Waals surface area contributed by atoms with Crippen molar-refractivity contribution in [2.45, 2.75) is 25.2 Å². The number of nitrogens with one attached hydrogen (secondary N) is 1. The fourth-order valence-corrected chi connectivity index (χ4v) is 3.14. The maximum atomic E-state index is 13.5. The van der Waals surface area contributed by atoms with Crippen LogP contribution in [0, 0.1) is 31.0 Å². The Hall–Kier alpha value is -2.73. The van der Waals surface area contributed by atoms with Crippen LogP contribution in [0.4, 0.5) is 4.39 Å². The molecule has 0 aliphatic rings. The van der Waals surface area contributed by atoms with Crippen LogP contribution in [-0.4, -0.2) is 19.5 Å². The van der Waals surface area contributed by atoms with Crippen LogP contribution in [0.5, 0.6) is 0 Å². The molecule has 0 aliphatic carbocycles. The number of hydrogen-bond acceptors (Lipinski definition) is 6. The number of carbonyl (C=O) groups is 1. The number of benzene rings is 1. The summed E-state index contributed by atoms with van der Waals surface area (Å²) in [6, 6.07) is 4.63. The Labute approximate surface area is 131 Å². The Morgan fingerprint density at radius 1 is 1.43 bits per heavy atom. The molecule has 1 heterocycles. The molecule has 1 aromatic carbocycles. The number of hydrogen-bond donors (Lipinski definition) is 1. The highest BCUT2D eigenvalue weighted by Crippen LogP contribution is 2.18. The third kappa shape index (κ3) is 3.37. The van der Waals surface area contributed by atoms with Crippen molar-refractivity contribution < 1.29 is 22.1 Å². The molecule has 2 aromatic rings. The molecule has 23 heavy (non-hydrogen) atoms. The summed E-state index contributed by atoms with van der Waals surface area (Å²) in [5.74, 6) is -1.42. The molecule has 1 N–H and O–H groups in total. The molecule has 120 valence electrons. The molecule has 1 aromatic heterocycles. The van der Waals surface area contributed by atoms with E-state index in [1.807, 2.05) is 4.72 Å². The fraction of sp³-hybridized carbons (Fsp3) is 0.214. The Balaban J connectivity index is 2.27. The molecule has 0 radical (unpaired) electrons. The van der Waals surface area contributed by atoms with E-state index in [1.54, 1.807) is 13.8 Å². The van der Waals surface area contributed by atoms with Gasteiger partial charge in [0.1, 0.15) is 28.1 Å². The lowest BCUT2D eigenvalue weighted by Gasteiger charge is -2.08. The molecular weight excluding hydrogens is 325 g/mol.